The number of rotatable bonds is 8. The number of carbonyl (C=O) groups excluding carboxylic acids is 1. The summed E-state index contributed by atoms with van der Waals surface area (Å²) in [5.74, 6) is 0.445. The van der Waals surface area contributed by atoms with E-state index in [1.807, 2.05) is 24.8 Å². The quantitative estimate of drug-likeness (QED) is 0.219. The van der Waals surface area contributed by atoms with Crippen molar-refractivity contribution in [2.75, 3.05) is 23.3 Å². The molecule has 1 fully saturated rings. The van der Waals surface area contributed by atoms with Crippen LogP contribution in [0, 0.1) is 6.92 Å². The summed E-state index contributed by atoms with van der Waals surface area (Å²) in [6, 6.07) is 6.67. The van der Waals surface area contributed by atoms with Crippen molar-refractivity contribution in [3.8, 4) is 5.75 Å². The number of aryl methyl sites for hydroxylation is 1. The first-order chi connectivity index (χ1) is 19.8. The Morgan fingerprint density at radius 2 is 2.02 bits per heavy atom. The Morgan fingerprint density at radius 3 is 2.74 bits per heavy atom. The Labute approximate surface area is 244 Å². The van der Waals surface area contributed by atoms with Gasteiger partial charge >= 0.3 is 6.18 Å². The van der Waals surface area contributed by atoms with Gasteiger partial charge in [0.2, 0.25) is 5.95 Å². The number of aromatic nitrogens is 5. The van der Waals surface area contributed by atoms with Crippen molar-refractivity contribution in [2.45, 2.75) is 52.1 Å². The number of pyridine rings is 1. The highest BCUT2D eigenvalue weighted by molar-refractivity contribution is 6.29. The molecule has 0 aliphatic carbocycles. The molecule has 0 bridgehead atoms. The van der Waals surface area contributed by atoms with E-state index in [1.165, 1.54) is 23.9 Å². The van der Waals surface area contributed by atoms with E-state index in [9.17, 15) is 22.8 Å². The standard InChI is InChI=1S/C28H29ClF3N7O3/c1-15-9-20(16(2)34-22-5-6-23(29)35-24(22)17(3)40)25-21(10-15)26(41)37(4)27(36-25)38-8-7-18(12-38)42-19-11-33-39(13-19)14-28(30,31)32/h5-6,9-11,13,16,18,34H,7-8,12,14H2,1-4H3/t16-,18+/m1/s1. The summed E-state index contributed by atoms with van der Waals surface area (Å²) in [7, 11) is 1.65. The van der Waals surface area contributed by atoms with E-state index in [-0.39, 0.29) is 40.1 Å². The van der Waals surface area contributed by atoms with Crippen LogP contribution in [-0.2, 0) is 13.6 Å². The molecule has 1 aliphatic heterocycles. The maximum absolute atomic E-state index is 13.5. The molecule has 0 amide bonds. The summed E-state index contributed by atoms with van der Waals surface area (Å²) < 4.78 is 46.2. The highest BCUT2D eigenvalue weighted by Crippen LogP contribution is 2.30. The monoisotopic (exact) mass is 603 g/mol. The topological polar surface area (TPSA) is 107 Å². The van der Waals surface area contributed by atoms with E-state index in [0.29, 0.717) is 42.0 Å². The average Bonchev–Trinajstić information content (AvgIpc) is 3.55. The molecule has 4 aromatic rings. The van der Waals surface area contributed by atoms with Gasteiger partial charge in [-0.1, -0.05) is 17.7 Å². The molecule has 1 saturated heterocycles. The number of benzene rings is 1. The molecule has 3 aromatic heterocycles. The molecule has 1 N–H and O–H groups in total. The summed E-state index contributed by atoms with van der Waals surface area (Å²) in [6.07, 6.45) is -1.66. The molecule has 0 saturated carbocycles. The Hall–Kier alpha value is -4.13. The van der Waals surface area contributed by atoms with Crippen LogP contribution in [0.15, 0.2) is 41.5 Å². The zero-order chi connectivity index (χ0) is 30.3. The molecule has 14 heteroatoms. The van der Waals surface area contributed by atoms with E-state index in [2.05, 4.69) is 15.4 Å². The average molecular weight is 604 g/mol. The van der Waals surface area contributed by atoms with Gasteiger partial charge in [0.25, 0.3) is 5.56 Å². The van der Waals surface area contributed by atoms with Gasteiger partial charge in [0.05, 0.1) is 41.6 Å². The molecule has 0 unspecified atom stereocenters. The fourth-order valence-electron chi connectivity index (χ4n) is 5.16. The number of Topliss-reactive ketones (excluding diaryl/α,β-unsaturated/α-hetero) is 1. The minimum atomic E-state index is -4.38. The molecule has 2 atom stereocenters. The van der Waals surface area contributed by atoms with Gasteiger partial charge in [0.1, 0.15) is 23.5 Å². The molecular weight excluding hydrogens is 575 g/mol. The Kier molecular flexibility index (Phi) is 7.88. The van der Waals surface area contributed by atoms with Gasteiger partial charge in [-0.05, 0) is 37.6 Å². The predicted octanol–water partition coefficient (Wildman–Crippen LogP) is 5.08. The number of fused-ring (bicyclic) bond motifs is 1. The third kappa shape index (κ3) is 6.20. The Bertz CT molecular complexity index is 1720. The van der Waals surface area contributed by atoms with E-state index < -0.39 is 12.7 Å². The first-order valence-electron chi connectivity index (χ1n) is 13.2. The first kappa shape index (κ1) is 29.4. The van der Waals surface area contributed by atoms with Crippen LogP contribution in [0.3, 0.4) is 0 Å². The van der Waals surface area contributed by atoms with Gasteiger partial charge in [0.15, 0.2) is 11.5 Å². The largest absolute Gasteiger partial charge is 0.485 e. The van der Waals surface area contributed by atoms with Gasteiger partial charge < -0.3 is 15.0 Å². The smallest absolute Gasteiger partial charge is 0.408 e. The normalized spacial score (nSPS) is 16.2. The number of hydrogen-bond acceptors (Lipinski definition) is 8. The lowest BCUT2D eigenvalue weighted by Crippen LogP contribution is -2.32. The van der Waals surface area contributed by atoms with Crippen molar-refractivity contribution in [1.29, 1.82) is 0 Å². The van der Waals surface area contributed by atoms with Crippen molar-refractivity contribution < 1.29 is 22.7 Å². The highest BCUT2D eigenvalue weighted by atomic mass is 35.5. The number of ether oxygens (including phenoxy) is 1. The summed E-state index contributed by atoms with van der Waals surface area (Å²) in [6.45, 7) is 4.92. The molecule has 1 aliphatic rings. The van der Waals surface area contributed by atoms with Crippen LogP contribution in [-0.4, -0.2) is 55.5 Å². The van der Waals surface area contributed by atoms with Crippen LogP contribution in [0.25, 0.3) is 10.9 Å². The lowest BCUT2D eigenvalue weighted by atomic mass is 10.0. The molecular formula is C28H29ClF3N7O3. The lowest BCUT2D eigenvalue weighted by Gasteiger charge is -2.23. The van der Waals surface area contributed by atoms with Crippen molar-refractivity contribution >= 4 is 39.9 Å². The van der Waals surface area contributed by atoms with E-state index in [4.69, 9.17) is 21.3 Å². The van der Waals surface area contributed by atoms with Crippen LogP contribution in [0.1, 0.15) is 47.9 Å². The predicted molar refractivity (Wildman–Crippen MR) is 153 cm³/mol. The number of ketones is 1. The molecule has 1 aromatic carbocycles. The van der Waals surface area contributed by atoms with Crippen LogP contribution >= 0.6 is 11.6 Å². The maximum atomic E-state index is 13.5. The van der Waals surface area contributed by atoms with Crippen LogP contribution in [0.5, 0.6) is 5.75 Å². The van der Waals surface area contributed by atoms with Crippen molar-refractivity contribution in [3.05, 3.63) is 69.0 Å². The SMILES string of the molecule is CC(=O)c1nc(Cl)ccc1N[C@H](C)c1cc(C)cc2c(=O)n(C)c(N3CC[C@H](Oc4cnn(CC(F)(F)F)c4)C3)nc12. The summed E-state index contributed by atoms with van der Waals surface area (Å²) in [5.41, 5.74) is 2.65. The molecule has 4 heterocycles. The lowest BCUT2D eigenvalue weighted by molar-refractivity contribution is -0.142. The number of halogens is 4. The van der Waals surface area contributed by atoms with Crippen LogP contribution in [0.2, 0.25) is 5.15 Å². The second kappa shape index (κ2) is 11.3. The minimum Gasteiger partial charge on any atom is -0.485 e. The second-order valence-electron chi connectivity index (χ2n) is 10.4. The molecule has 5 rings (SSSR count). The number of nitrogens with zero attached hydrogens (tertiary/aromatic N) is 6. The van der Waals surface area contributed by atoms with Crippen molar-refractivity contribution in [2.24, 2.45) is 7.05 Å². The van der Waals surface area contributed by atoms with Gasteiger partial charge in [-0.2, -0.15) is 18.3 Å². The first-order valence-corrected chi connectivity index (χ1v) is 13.6. The van der Waals surface area contributed by atoms with E-state index >= 15 is 0 Å². The van der Waals surface area contributed by atoms with Gasteiger partial charge in [0, 0.05) is 32.5 Å². The number of alkyl halides is 3. The van der Waals surface area contributed by atoms with E-state index in [1.54, 1.807) is 25.2 Å². The van der Waals surface area contributed by atoms with E-state index in [0.717, 1.165) is 15.8 Å². The number of hydrogen-bond donors (Lipinski definition) is 1. The zero-order valence-electron chi connectivity index (χ0n) is 23.4. The number of nitrogens with one attached hydrogen (secondary N) is 1. The minimum absolute atomic E-state index is 0.206. The maximum Gasteiger partial charge on any atom is 0.408 e. The van der Waals surface area contributed by atoms with Crippen molar-refractivity contribution in [3.63, 3.8) is 0 Å². The number of carbonyl (C=O) groups is 1. The summed E-state index contributed by atoms with van der Waals surface area (Å²) in [5, 5.41) is 7.71. The van der Waals surface area contributed by atoms with Crippen LogP contribution in [0.4, 0.5) is 24.8 Å². The Balaban J connectivity index is 1.43. The van der Waals surface area contributed by atoms with Gasteiger partial charge in [-0.15, -0.1) is 0 Å². The third-order valence-corrected chi connectivity index (χ3v) is 7.26. The summed E-state index contributed by atoms with van der Waals surface area (Å²) in [4.78, 5) is 36.7. The zero-order valence-corrected chi connectivity index (χ0v) is 24.1. The molecule has 0 spiro atoms. The second-order valence-corrected chi connectivity index (χ2v) is 10.8. The molecule has 0 radical (unpaired) electrons. The fraction of sp³-hybridized carbons (Fsp3) is 0.393. The number of anilines is 2. The Morgan fingerprint density at radius 1 is 1.26 bits per heavy atom. The molecule has 222 valence electrons. The summed E-state index contributed by atoms with van der Waals surface area (Å²) >= 11 is 6.01. The third-order valence-electron chi connectivity index (χ3n) is 7.05. The van der Waals surface area contributed by atoms with Gasteiger partial charge in [-0.3, -0.25) is 18.8 Å². The van der Waals surface area contributed by atoms with Crippen molar-refractivity contribution in [1.82, 2.24) is 24.3 Å². The van der Waals surface area contributed by atoms with Gasteiger partial charge in [-0.25, -0.2) is 9.97 Å². The molecule has 42 heavy (non-hydrogen) atoms. The fourth-order valence-corrected chi connectivity index (χ4v) is 5.31. The van der Waals surface area contributed by atoms with Crippen LogP contribution < -0.4 is 20.5 Å². The highest BCUT2D eigenvalue weighted by Gasteiger charge is 2.30. The molecule has 10 nitrogen and oxygen atoms in total.